The van der Waals surface area contributed by atoms with E-state index in [1.165, 1.54) is 0 Å². The molecule has 11 nitrogen and oxygen atoms in total. The highest BCUT2D eigenvalue weighted by molar-refractivity contribution is 5.10. The molecule has 0 radical (unpaired) electrons. The highest BCUT2D eigenvalue weighted by Gasteiger charge is 2.67. The quantitative estimate of drug-likeness (QED) is 0.266. The summed E-state index contributed by atoms with van der Waals surface area (Å²) in [5, 5.41) is 43.1. The molecule has 30 heavy (non-hydrogen) atoms. The van der Waals surface area contributed by atoms with Crippen molar-refractivity contribution in [2.75, 3.05) is 20.6 Å². The summed E-state index contributed by atoms with van der Waals surface area (Å²) in [7, 11) is 3.50. The summed E-state index contributed by atoms with van der Waals surface area (Å²) in [6.07, 6.45) is 0.590. The second-order valence-electron chi connectivity index (χ2n) is 8.58. The van der Waals surface area contributed by atoms with Crippen LogP contribution < -0.4 is 16.0 Å². The van der Waals surface area contributed by atoms with Crippen molar-refractivity contribution >= 4 is 0 Å². The molecule has 0 spiro atoms. The largest absolute Gasteiger partial charge is 0.390 e. The molecule has 1 saturated carbocycles. The minimum absolute atomic E-state index is 0.0549. The van der Waals surface area contributed by atoms with Crippen LogP contribution in [0.25, 0.3) is 0 Å². The smallest absolute Gasteiger partial charge is 0.249 e. The molecule has 1 aromatic rings. The summed E-state index contributed by atoms with van der Waals surface area (Å²) in [6.45, 7) is 2.32. The molecule has 3 fully saturated rings. The van der Waals surface area contributed by atoms with Gasteiger partial charge in [-0.25, -0.2) is 4.98 Å². The van der Waals surface area contributed by atoms with Crippen LogP contribution in [0, 0.1) is 0 Å². The highest BCUT2D eigenvalue weighted by atomic mass is 16.8. The SMILES string of the molecule is CN[C@H]1[C@@H](O)[C@@H](NC)CC2O[C@@H]3O[C@H](C)C[C@@](O)(CNCc4cnc[nH]4)[C@]3(O)O[C@@H]21. The van der Waals surface area contributed by atoms with E-state index in [2.05, 4.69) is 25.9 Å². The molecule has 1 aromatic heterocycles. The van der Waals surface area contributed by atoms with Gasteiger partial charge in [-0.1, -0.05) is 0 Å². The molecule has 11 heteroatoms. The Kier molecular flexibility index (Phi) is 6.19. The second-order valence-corrected chi connectivity index (χ2v) is 8.58. The first-order valence-electron chi connectivity index (χ1n) is 10.5. The molecule has 7 N–H and O–H groups in total. The predicted molar refractivity (Wildman–Crippen MR) is 105 cm³/mol. The number of H-pyrrole nitrogens is 1. The van der Waals surface area contributed by atoms with Gasteiger partial charge in [0, 0.05) is 37.4 Å². The van der Waals surface area contributed by atoms with Crippen molar-refractivity contribution in [3.8, 4) is 0 Å². The van der Waals surface area contributed by atoms with Crippen molar-refractivity contribution in [3.63, 3.8) is 0 Å². The number of hydrogen-bond donors (Lipinski definition) is 7. The van der Waals surface area contributed by atoms with E-state index in [4.69, 9.17) is 14.2 Å². The summed E-state index contributed by atoms with van der Waals surface area (Å²) in [5.74, 6) is -2.09. The normalized spacial score (nSPS) is 46.3. The Morgan fingerprint density at radius 2 is 2.07 bits per heavy atom. The number of imidazole rings is 1. The maximum absolute atomic E-state index is 11.5. The number of aliphatic hydroxyl groups is 3. The van der Waals surface area contributed by atoms with Crippen molar-refractivity contribution < 1.29 is 29.5 Å². The predicted octanol–water partition coefficient (Wildman–Crippen LogP) is -2.22. The van der Waals surface area contributed by atoms with Gasteiger partial charge >= 0.3 is 0 Å². The highest BCUT2D eigenvalue weighted by Crippen LogP contribution is 2.46. The van der Waals surface area contributed by atoms with Gasteiger partial charge in [-0.2, -0.15) is 0 Å². The summed E-state index contributed by atoms with van der Waals surface area (Å²) in [4.78, 5) is 6.96. The molecule has 3 aliphatic rings. The van der Waals surface area contributed by atoms with Crippen molar-refractivity contribution in [3.05, 3.63) is 18.2 Å². The van der Waals surface area contributed by atoms with Crippen LogP contribution >= 0.6 is 0 Å². The Bertz CT molecular complexity index is 710. The fourth-order valence-corrected chi connectivity index (χ4v) is 4.94. The molecule has 0 amide bonds. The van der Waals surface area contributed by atoms with Gasteiger partial charge in [0.15, 0.2) is 0 Å². The zero-order valence-corrected chi connectivity index (χ0v) is 17.5. The maximum atomic E-state index is 11.5. The number of aromatic nitrogens is 2. The molecular formula is C19H33N5O6. The Morgan fingerprint density at radius 3 is 2.73 bits per heavy atom. The van der Waals surface area contributed by atoms with Crippen LogP contribution in [0.2, 0.25) is 0 Å². The number of nitrogens with one attached hydrogen (secondary N) is 4. The molecule has 2 aliphatic heterocycles. The number of fused-ring (bicyclic) bond motifs is 2. The van der Waals surface area contributed by atoms with Gasteiger partial charge in [0.25, 0.3) is 0 Å². The Labute approximate surface area is 175 Å². The van der Waals surface area contributed by atoms with Gasteiger partial charge in [-0.3, -0.25) is 0 Å². The lowest BCUT2D eigenvalue weighted by Gasteiger charge is -2.59. The third kappa shape index (κ3) is 3.68. The van der Waals surface area contributed by atoms with Crippen LogP contribution in [0.3, 0.4) is 0 Å². The first-order valence-corrected chi connectivity index (χ1v) is 10.5. The standard InChI is InChI=1S/C19H33N5O6/c1-10-5-18(26,8-22-6-11-7-23-9-24-11)19(27)17(28-10)29-13-4-12(20-2)15(25)14(21-3)16(13)30-19/h7,9-10,12-17,20-22,25-27H,4-6,8H2,1-3H3,(H,23,24)/t10-,12+,13?,14+,15+,16+,17+,18-,19-/m1/s1. The molecule has 3 heterocycles. The minimum atomic E-state index is -2.09. The van der Waals surface area contributed by atoms with Gasteiger partial charge in [0.1, 0.15) is 11.7 Å². The molecule has 1 aliphatic carbocycles. The fraction of sp³-hybridized carbons (Fsp3) is 0.842. The third-order valence-electron chi connectivity index (χ3n) is 6.56. The van der Waals surface area contributed by atoms with Crippen molar-refractivity contribution in [2.45, 2.75) is 80.5 Å². The van der Waals surface area contributed by atoms with Gasteiger partial charge < -0.3 is 50.5 Å². The van der Waals surface area contributed by atoms with Gasteiger partial charge in [0.05, 0.1) is 30.7 Å². The Morgan fingerprint density at radius 1 is 1.27 bits per heavy atom. The molecule has 0 aromatic carbocycles. The second kappa shape index (κ2) is 8.41. The van der Waals surface area contributed by atoms with Gasteiger partial charge in [0.2, 0.25) is 12.1 Å². The Balaban J connectivity index is 1.55. The monoisotopic (exact) mass is 427 g/mol. The Hall–Kier alpha value is -1.15. The molecule has 4 rings (SSSR count). The van der Waals surface area contributed by atoms with Crippen molar-refractivity contribution in [1.29, 1.82) is 0 Å². The molecule has 1 unspecified atom stereocenters. The van der Waals surface area contributed by atoms with E-state index in [1.54, 1.807) is 26.6 Å². The minimum Gasteiger partial charge on any atom is -0.390 e. The topological polar surface area (TPSA) is 153 Å². The third-order valence-corrected chi connectivity index (χ3v) is 6.56. The summed E-state index contributed by atoms with van der Waals surface area (Å²) in [5.41, 5.74) is -0.810. The number of likely N-dealkylation sites (N-methyl/N-ethyl adjacent to an activating group) is 2. The van der Waals surface area contributed by atoms with Crippen LogP contribution in [0.15, 0.2) is 12.5 Å². The molecular weight excluding hydrogens is 394 g/mol. The zero-order valence-electron chi connectivity index (χ0n) is 17.5. The number of aliphatic hydroxyl groups excluding tert-OH is 1. The van der Waals surface area contributed by atoms with Crippen LogP contribution in [-0.4, -0.2) is 100 Å². The van der Waals surface area contributed by atoms with E-state index >= 15 is 0 Å². The number of rotatable bonds is 6. The molecule has 2 saturated heterocycles. The first kappa shape index (κ1) is 22.1. The summed E-state index contributed by atoms with van der Waals surface area (Å²) in [6, 6.07) is -0.692. The molecule has 9 atom stereocenters. The first-order chi connectivity index (χ1) is 14.3. The van der Waals surface area contributed by atoms with E-state index in [-0.39, 0.29) is 25.1 Å². The molecule has 0 bridgehead atoms. The number of nitrogens with zero attached hydrogens (tertiary/aromatic N) is 1. The van der Waals surface area contributed by atoms with Crippen molar-refractivity contribution in [2.24, 2.45) is 0 Å². The van der Waals surface area contributed by atoms with Gasteiger partial charge in [-0.05, 0) is 27.4 Å². The van der Waals surface area contributed by atoms with Crippen LogP contribution in [0.5, 0.6) is 0 Å². The molecule has 170 valence electrons. The average molecular weight is 428 g/mol. The summed E-state index contributed by atoms with van der Waals surface area (Å²) >= 11 is 0. The van der Waals surface area contributed by atoms with E-state index in [0.29, 0.717) is 13.0 Å². The van der Waals surface area contributed by atoms with Crippen LogP contribution in [0.1, 0.15) is 25.5 Å². The van der Waals surface area contributed by atoms with E-state index in [1.807, 2.05) is 6.92 Å². The lowest BCUT2D eigenvalue weighted by atomic mass is 9.79. The number of hydrogen-bond acceptors (Lipinski definition) is 10. The van der Waals surface area contributed by atoms with Crippen LogP contribution in [-0.2, 0) is 20.8 Å². The van der Waals surface area contributed by atoms with Crippen LogP contribution in [0.4, 0.5) is 0 Å². The lowest BCUT2D eigenvalue weighted by molar-refractivity contribution is -0.477. The number of ether oxygens (including phenoxy) is 3. The maximum Gasteiger partial charge on any atom is 0.249 e. The van der Waals surface area contributed by atoms with E-state index in [0.717, 1.165) is 5.69 Å². The van der Waals surface area contributed by atoms with E-state index < -0.39 is 42.0 Å². The van der Waals surface area contributed by atoms with E-state index in [9.17, 15) is 15.3 Å². The zero-order chi connectivity index (χ0) is 21.5. The van der Waals surface area contributed by atoms with Crippen molar-refractivity contribution in [1.82, 2.24) is 25.9 Å². The number of aromatic amines is 1. The lowest BCUT2D eigenvalue weighted by Crippen LogP contribution is -2.79. The summed E-state index contributed by atoms with van der Waals surface area (Å²) < 4.78 is 18.1. The van der Waals surface area contributed by atoms with Gasteiger partial charge in [-0.15, -0.1) is 0 Å². The fourth-order valence-electron chi connectivity index (χ4n) is 4.94. The average Bonchev–Trinajstić information content (AvgIpc) is 3.21.